The zero-order valence-electron chi connectivity index (χ0n) is 14.8. The first-order chi connectivity index (χ1) is 13.0. The molecule has 1 N–H and O–H groups in total. The standard InChI is InChI=1S/C20H19ClN2O4/c1-2-19(25)13-3-6-16(7-4-13)27-11-15(24)10-23-12-22-18-9-14(21)5-8-17(18)20(23)26/h3-9,12,15,24H,2,10-11H2,1H3/t15-/m0/s1. The van der Waals surface area contributed by atoms with E-state index >= 15 is 0 Å². The Kier molecular flexibility index (Phi) is 5.88. The van der Waals surface area contributed by atoms with Gasteiger partial charge in [0, 0.05) is 17.0 Å². The molecule has 3 rings (SSSR count). The van der Waals surface area contributed by atoms with Gasteiger partial charge in [-0.1, -0.05) is 18.5 Å². The van der Waals surface area contributed by atoms with Crippen LogP contribution in [0.15, 0.2) is 53.6 Å². The smallest absolute Gasteiger partial charge is 0.261 e. The van der Waals surface area contributed by atoms with Gasteiger partial charge in [0.1, 0.15) is 18.5 Å². The van der Waals surface area contributed by atoms with E-state index in [0.29, 0.717) is 33.7 Å². The van der Waals surface area contributed by atoms with Crippen molar-refractivity contribution < 1.29 is 14.6 Å². The SMILES string of the molecule is CCC(=O)c1ccc(OC[C@@H](O)Cn2cnc3cc(Cl)ccc3c2=O)cc1. The summed E-state index contributed by atoms with van der Waals surface area (Å²) >= 11 is 5.91. The molecule has 0 amide bonds. The summed E-state index contributed by atoms with van der Waals surface area (Å²) in [6.07, 6.45) is 0.931. The Morgan fingerprint density at radius 3 is 2.70 bits per heavy atom. The van der Waals surface area contributed by atoms with Crippen LogP contribution >= 0.6 is 11.6 Å². The fourth-order valence-electron chi connectivity index (χ4n) is 2.67. The predicted molar refractivity (Wildman–Crippen MR) is 104 cm³/mol. The van der Waals surface area contributed by atoms with E-state index in [1.165, 1.54) is 10.9 Å². The number of ether oxygens (including phenoxy) is 1. The predicted octanol–water partition coefficient (Wildman–Crippen LogP) is 3.08. The average molecular weight is 387 g/mol. The quantitative estimate of drug-likeness (QED) is 0.631. The molecule has 0 radical (unpaired) electrons. The third kappa shape index (κ3) is 4.53. The van der Waals surface area contributed by atoms with Crippen LogP contribution in [-0.4, -0.2) is 33.2 Å². The summed E-state index contributed by atoms with van der Waals surface area (Å²) in [5.74, 6) is 0.603. The molecule has 140 valence electrons. The van der Waals surface area contributed by atoms with Crippen molar-refractivity contribution in [3.05, 3.63) is 69.7 Å². The number of rotatable bonds is 7. The molecule has 0 aliphatic heterocycles. The van der Waals surface area contributed by atoms with Crippen molar-refractivity contribution in [2.75, 3.05) is 6.61 Å². The molecule has 0 spiro atoms. The Bertz CT molecular complexity index is 1010. The first-order valence-electron chi connectivity index (χ1n) is 8.56. The highest BCUT2D eigenvalue weighted by Crippen LogP contribution is 2.15. The molecule has 0 aliphatic rings. The zero-order chi connectivity index (χ0) is 19.4. The van der Waals surface area contributed by atoms with Gasteiger partial charge in [0.15, 0.2) is 5.78 Å². The number of ketones is 1. The van der Waals surface area contributed by atoms with Crippen LogP contribution in [-0.2, 0) is 6.54 Å². The van der Waals surface area contributed by atoms with Crippen LogP contribution in [0, 0.1) is 0 Å². The van der Waals surface area contributed by atoms with Gasteiger partial charge in [0.2, 0.25) is 0 Å². The summed E-state index contributed by atoms with van der Waals surface area (Å²) in [6, 6.07) is 11.6. The maximum atomic E-state index is 12.5. The van der Waals surface area contributed by atoms with Crippen molar-refractivity contribution in [3.8, 4) is 5.75 Å². The molecule has 27 heavy (non-hydrogen) atoms. The Morgan fingerprint density at radius 2 is 2.00 bits per heavy atom. The van der Waals surface area contributed by atoms with E-state index in [4.69, 9.17) is 16.3 Å². The lowest BCUT2D eigenvalue weighted by Gasteiger charge is -2.14. The number of nitrogens with zero attached hydrogens (tertiary/aromatic N) is 2. The molecular weight excluding hydrogens is 368 g/mol. The molecule has 1 atom stereocenters. The van der Waals surface area contributed by atoms with Crippen molar-refractivity contribution in [1.29, 1.82) is 0 Å². The van der Waals surface area contributed by atoms with Gasteiger partial charge >= 0.3 is 0 Å². The highest BCUT2D eigenvalue weighted by molar-refractivity contribution is 6.31. The minimum atomic E-state index is -0.897. The third-order valence-electron chi connectivity index (χ3n) is 4.13. The number of aromatic nitrogens is 2. The summed E-state index contributed by atoms with van der Waals surface area (Å²) in [7, 11) is 0. The molecular formula is C20H19ClN2O4. The molecule has 3 aromatic rings. The van der Waals surface area contributed by atoms with Crippen LogP contribution in [0.1, 0.15) is 23.7 Å². The summed E-state index contributed by atoms with van der Waals surface area (Å²) in [5.41, 5.74) is 0.883. The van der Waals surface area contributed by atoms with Gasteiger partial charge < -0.3 is 9.84 Å². The Hall–Kier alpha value is -2.70. The topological polar surface area (TPSA) is 81.4 Å². The number of aliphatic hydroxyl groups is 1. The van der Waals surface area contributed by atoms with Gasteiger partial charge in [0.05, 0.1) is 23.8 Å². The minimum absolute atomic E-state index is 0.00612. The van der Waals surface area contributed by atoms with Gasteiger partial charge in [-0.05, 0) is 42.5 Å². The molecule has 1 heterocycles. The summed E-state index contributed by atoms with van der Waals surface area (Å²) < 4.78 is 6.88. The van der Waals surface area contributed by atoms with Gasteiger partial charge in [-0.15, -0.1) is 0 Å². The second-order valence-corrected chi connectivity index (χ2v) is 6.57. The molecule has 0 saturated carbocycles. The average Bonchev–Trinajstić information content (AvgIpc) is 2.68. The number of aliphatic hydroxyl groups excluding tert-OH is 1. The van der Waals surface area contributed by atoms with E-state index in [-0.39, 0.29) is 24.5 Å². The number of carbonyl (C=O) groups is 1. The molecule has 0 saturated heterocycles. The number of halogens is 1. The first kappa shape index (κ1) is 19.1. The Morgan fingerprint density at radius 1 is 1.26 bits per heavy atom. The van der Waals surface area contributed by atoms with Crippen LogP contribution in [0.2, 0.25) is 5.02 Å². The van der Waals surface area contributed by atoms with Gasteiger partial charge in [-0.2, -0.15) is 0 Å². The Balaban J connectivity index is 1.64. The number of benzene rings is 2. The monoisotopic (exact) mass is 386 g/mol. The molecule has 0 bridgehead atoms. The lowest BCUT2D eigenvalue weighted by molar-refractivity contribution is 0.0913. The van der Waals surface area contributed by atoms with Crippen molar-refractivity contribution in [2.24, 2.45) is 0 Å². The van der Waals surface area contributed by atoms with E-state index in [9.17, 15) is 14.7 Å². The second kappa shape index (κ2) is 8.33. The second-order valence-electron chi connectivity index (χ2n) is 6.13. The van der Waals surface area contributed by atoms with Gasteiger partial charge in [-0.3, -0.25) is 14.2 Å². The van der Waals surface area contributed by atoms with Gasteiger partial charge in [0.25, 0.3) is 5.56 Å². The van der Waals surface area contributed by atoms with Crippen LogP contribution in [0.3, 0.4) is 0 Å². The van der Waals surface area contributed by atoms with E-state index in [1.807, 2.05) is 0 Å². The van der Waals surface area contributed by atoms with Crippen LogP contribution in [0.25, 0.3) is 10.9 Å². The van der Waals surface area contributed by atoms with Crippen LogP contribution in [0.4, 0.5) is 0 Å². The largest absolute Gasteiger partial charge is 0.491 e. The van der Waals surface area contributed by atoms with E-state index in [1.54, 1.807) is 49.4 Å². The fraction of sp³-hybridized carbons (Fsp3) is 0.250. The van der Waals surface area contributed by atoms with Crippen molar-refractivity contribution >= 4 is 28.3 Å². The molecule has 1 aromatic heterocycles. The fourth-order valence-corrected chi connectivity index (χ4v) is 2.84. The lowest BCUT2D eigenvalue weighted by atomic mass is 10.1. The molecule has 0 fully saturated rings. The number of carbonyl (C=O) groups excluding carboxylic acids is 1. The van der Waals surface area contributed by atoms with Crippen molar-refractivity contribution in [2.45, 2.75) is 26.0 Å². The highest BCUT2D eigenvalue weighted by Gasteiger charge is 2.11. The normalized spacial score (nSPS) is 12.1. The van der Waals surface area contributed by atoms with E-state index in [0.717, 1.165) is 0 Å². The molecule has 2 aromatic carbocycles. The lowest BCUT2D eigenvalue weighted by Crippen LogP contribution is -2.30. The number of fused-ring (bicyclic) bond motifs is 1. The Labute approximate surface area is 161 Å². The molecule has 7 heteroatoms. The summed E-state index contributed by atoms with van der Waals surface area (Å²) in [4.78, 5) is 28.3. The van der Waals surface area contributed by atoms with Crippen LogP contribution < -0.4 is 10.3 Å². The molecule has 0 aliphatic carbocycles. The van der Waals surface area contributed by atoms with Crippen LogP contribution in [0.5, 0.6) is 5.75 Å². The van der Waals surface area contributed by atoms with E-state index in [2.05, 4.69) is 4.98 Å². The van der Waals surface area contributed by atoms with Crippen molar-refractivity contribution in [3.63, 3.8) is 0 Å². The van der Waals surface area contributed by atoms with E-state index < -0.39 is 6.10 Å². The maximum Gasteiger partial charge on any atom is 0.261 e. The summed E-state index contributed by atoms with van der Waals surface area (Å²) in [5, 5.41) is 11.1. The number of hydrogen-bond acceptors (Lipinski definition) is 5. The molecule has 0 unspecified atom stereocenters. The number of Topliss-reactive ketones (excluding diaryl/α,β-unsaturated/α-hetero) is 1. The van der Waals surface area contributed by atoms with Crippen molar-refractivity contribution in [1.82, 2.24) is 9.55 Å². The van der Waals surface area contributed by atoms with Gasteiger partial charge in [-0.25, -0.2) is 4.98 Å². The minimum Gasteiger partial charge on any atom is -0.491 e. The first-order valence-corrected chi connectivity index (χ1v) is 8.94. The highest BCUT2D eigenvalue weighted by atomic mass is 35.5. The summed E-state index contributed by atoms with van der Waals surface area (Å²) in [6.45, 7) is 1.87. The third-order valence-corrected chi connectivity index (χ3v) is 4.37. The zero-order valence-corrected chi connectivity index (χ0v) is 15.5. The number of hydrogen-bond donors (Lipinski definition) is 1. The molecule has 6 nitrogen and oxygen atoms in total. The maximum absolute atomic E-state index is 12.5.